The maximum absolute atomic E-state index is 12.3. The molecule has 0 rings (SSSR count). The van der Waals surface area contributed by atoms with E-state index in [9.17, 15) is 34.8 Å². The van der Waals surface area contributed by atoms with Crippen molar-refractivity contribution in [3.63, 3.8) is 0 Å². The molecular weight excluding hydrogens is 803 g/mol. The van der Waals surface area contributed by atoms with E-state index in [1.165, 1.54) is 57.8 Å². The van der Waals surface area contributed by atoms with Crippen LogP contribution in [0.25, 0.3) is 0 Å². The summed E-state index contributed by atoms with van der Waals surface area (Å²) in [7, 11) is 0. The highest BCUT2D eigenvalue weighted by atomic mass is 16.4. The van der Waals surface area contributed by atoms with Crippen molar-refractivity contribution in [3.8, 4) is 0 Å². The first kappa shape index (κ1) is 63.1. The van der Waals surface area contributed by atoms with Gasteiger partial charge in [0, 0.05) is 32.5 Å². The summed E-state index contributed by atoms with van der Waals surface area (Å²) in [6.45, 7) is 6.81. The van der Waals surface area contributed by atoms with Crippen molar-refractivity contribution < 1.29 is 39.9 Å². The molecule has 14 N–H and O–H groups in total. The molecule has 0 fully saturated rings. The van der Waals surface area contributed by atoms with Gasteiger partial charge in [-0.25, -0.2) is 0 Å². The SMILES string of the molecule is C.NCCCCNCC(CCCCCCNC(=O)CCCCCCCCCCCNC(=O)CCCCCCCCCCCNC(=O)[C@H](O)[C@@H](O)[C@H](O)[C@H](O)CO)CNCCCCN. The largest absolute Gasteiger partial charge is 0.394 e. The molecule has 0 saturated carbocycles. The van der Waals surface area contributed by atoms with Gasteiger partial charge in [-0.05, 0) is 109 Å². The van der Waals surface area contributed by atoms with Crippen LogP contribution in [-0.2, 0) is 14.4 Å². The number of aliphatic hydroxyl groups excluding tert-OH is 5. The van der Waals surface area contributed by atoms with Crippen LogP contribution in [0.4, 0.5) is 0 Å². The third kappa shape index (κ3) is 41.2. The minimum absolute atomic E-state index is 0. The third-order valence-corrected chi connectivity index (χ3v) is 11.6. The molecule has 63 heavy (non-hydrogen) atoms. The van der Waals surface area contributed by atoms with Gasteiger partial charge in [-0.1, -0.05) is 117 Å². The van der Waals surface area contributed by atoms with Crippen molar-refractivity contribution in [1.82, 2.24) is 26.6 Å². The van der Waals surface area contributed by atoms with Crippen LogP contribution in [0, 0.1) is 5.92 Å². The van der Waals surface area contributed by atoms with Crippen LogP contribution in [-0.4, -0.2) is 133 Å². The molecule has 4 atom stereocenters. The maximum Gasteiger partial charge on any atom is 0.251 e. The molecule has 0 spiro atoms. The molecule has 0 aliphatic rings. The zero-order valence-electron chi connectivity index (χ0n) is 39.1. The fraction of sp³-hybridized carbons (Fsp3) is 0.938. The highest BCUT2D eigenvalue weighted by molar-refractivity contribution is 5.81. The van der Waals surface area contributed by atoms with Crippen LogP contribution < -0.4 is 38.1 Å². The predicted molar refractivity (Wildman–Crippen MR) is 258 cm³/mol. The van der Waals surface area contributed by atoms with E-state index in [0.717, 1.165) is 168 Å². The lowest BCUT2D eigenvalue weighted by molar-refractivity contribution is -0.148. The lowest BCUT2D eigenvalue weighted by Crippen LogP contribution is -2.51. The minimum Gasteiger partial charge on any atom is -0.394 e. The minimum atomic E-state index is -1.89. The normalized spacial score (nSPS) is 13.3. The van der Waals surface area contributed by atoms with Crippen molar-refractivity contribution in [2.75, 3.05) is 65.5 Å². The van der Waals surface area contributed by atoms with Crippen molar-refractivity contribution >= 4 is 17.7 Å². The topological polar surface area (TPSA) is 265 Å². The van der Waals surface area contributed by atoms with E-state index in [2.05, 4.69) is 26.6 Å². The summed E-state index contributed by atoms with van der Waals surface area (Å²) in [4.78, 5) is 36.4. The highest BCUT2D eigenvalue weighted by Crippen LogP contribution is 2.14. The van der Waals surface area contributed by atoms with Gasteiger partial charge in [-0.15, -0.1) is 0 Å². The Hall–Kier alpha value is -1.95. The quantitative estimate of drug-likeness (QED) is 0.0379. The Bertz CT molecular complexity index is 1000. The molecule has 15 heteroatoms. The van der Waals surface area contributed by atoms with Crippen LogP contribution in [0.2, 0.25) is 0 Å². The fourth-order valence-electron chi connectivity index (χ4n) is 7.51. The number of nitrogens with one attached hydrogen (secondary N) is 5. The van der Waals surface area contributed by atoms with E-state index in [1.54, 1.807) is 0 Å². The van der Waals surface area contributed by atoms with E-state index < -0.39 is 36.9 Å². The molecule has 0 heterocycles. The lowest BCUT2D eigenvalue weighted by atomic mass is 10.00. The van der Waals surface area contributed by atoms with Gasteiger partial charge in [0.1, 0.15) is 18.3 Å². The summed E-state index contributed by atoms with van der Waals surface area (Å²) in [5.74, 6) is 0.164. The van der Waals surface area contributed by atoms with Gasteiger partial charge in [0.2, 0.25) is 11.8 Å². The summed E-state index contributed by atoms with van der Waals surface area (Å²) in [5, 5.41) is 63.3. The first-order chi connectivity index (χ1) is 30.2. The summed E-state index contributed by atoms with van der Waals surface area (Å²) in [5.41, 5.74) is 11.2. The predicted octanol–water partition coefficient (Wildman–Crippen LogP) is 4.43. The molecule has 0 unspecified atom stereocenters. The zero-order chi connectivity index (χ0) is 45.7. The second kappa shape index (κ2) is 48.0. The van der Waals surface area contributed by atoms with Gasteiger partial charge in [0.05, 0.1) is 6.61 Å². The van der Waals surface area contributed by atoms with Gasteiger partial charge in [-0.2, -0.15) is 0 Å². The smallest absolute Gasteiger partial charge is 0.251 e. The Balaban J connectivity index is 0. The number of unbranched alkanes of at least 4 members (excludes halogenated alkanes) is 21. The molecule has 0 aliphatic carbocycles. The monoisotopic (exact) mass is 904 g/mol. The number of amides is 3. The Labute approximate surface area is 384 Å². The average Bonchev–Trinajstić information content (AvgIpc) is 3.27. The second-order valence-corrected chi connectivity index (χ2v) is 17.5. The summed E-state index contributed by atoms with van der Waals surface area (Å²) < 4.78 is 0. The van der Waals surface area contributed by atoms with E-state index in [4.69, 9.17) is 16.6 Å². The molecule has 376 valence electrons. The fourth-order valence-corrected chi connectivity index (χ4v) is 7.51. The molecule has 0 aromatic rings. The van der Waals surface area contributed by atoms with E-state index >= 15 is 0 Å². The molecule has 3 amide bonds. The van der Waals surface area contributed by atoms with Crippen LogP contribution in [0.5, 0.6) is 0 Å². The number of hydrogen-bond donors (Lipinski definition) is 12. The van der Waals surface area contributed by atoms with Gasteiger partial charge in [-0.3, -0.25) is 14.4 Å². The van der Waals surface area contributed by atoms with Crippen LogP contribution in [0.1, 0.15) is 194 Å². The number of nitrogens with two attached hydrogens (primary N) is 2. The highest BCUT2D eigenvalue weighted by Gasteiger charge is 2.33. The molecule has 0 bridgehead atoms. The molecule has 0 radical (unpaired) electrons. The number of aliphatic hydroxyl groups is 5. The summed E-state index contributed by atoms with van der Waals surface area (Å²) >= 11 is 0. The lowest BCUT2D eigenvalue weighted by Gasteiger charge is -2.24. The Kier molecular flexibility index (Phi) is 48.1. The maximum atomic E-state index is 12.3. The summed E-state index contributed by atoms with van der Waals surface area (Å²) in [6.07, 6.45) is 23.8. The van der Waals surface area contributed by atoms with Crippen molar-refractivity contribution in [2.45, 2.75) is 218 Å². The van der Waals surface area contributed by atoms with Gasteiger partial charge < -0.3 is 63.6 Å². The number of rotatable bonds is 48. The molecule has 0 aromatic carbocycles. The molecule has 0 saturated heterocycles. The van der Waals surface area contributed by atoms with E-state index in [0.29, 0.717) is 25.3 Å². The van der Waals surface area contributed by atoms with Crippen molar-refractivity contribution in [3.05, 3.63) is 0 Å². The van der Waals surface area contributed by atoms with Gasteiger partial charge in [0.25, 0.3) is 5.91 Å². The summed E-state index contributed by atoms with van der Waals surface area (Å²) in [6, 6.07) is 0. The molecule has 0 aromatic heterocycles. The Morgan fingerprint density at radius 3 is 1.17 bits per heavy atom. The first-order valence-electron chi connectivity index (χ1n) is 25.1. The molecule has 15 nitrogen and oxygen atoms in total. The van der Waals surface area contributed by atoms with Crippen molar-refractivity contribution in [1.29, 1.82) is 0 Å². The number of carbonyl (C=O) groups excluding carboxylic acids is 3. The van der Waals surface area contributed by atoms with Crippen LogP contribution in [0.15, 0.2) is 0 Å². The molecular formula is C48H101N7O8. The van der Waals surface area contributed by atoms with E-state index in [-0.39, 0.29) is 19.2 Å². The van der Waals surface area contributed by atoms with E-state index in [1.807, 2.05) is 0 Å². The van der Waals surface area contributed by atoms with Crippen LogP contribution in [0.3, 0.4) is 0 Å². The first-order valence-corrected chi connectivity index (χ1v) is 25.1. The van der Waals surface area contributed by atoms with Crippen molar-refractivity contribution in [2.24, 2.45) is 17.4 Å². The van der Waals surface area contributed by atoms with Crippen LogP contribution >= 0.6 is 0 Å². The average molecular weight is 904 g/mol. The third-order valence-electron chi connectivity index (χ3n) is 11.6. The Morgan fingerprint density at radius 1 is 0.429 bits per heavy atom. The zero-order valence-corrected chi connectivity index (χ0v) is 39.1. The van der Waals surface area contributed by atoms with Gasteiger partial charge in [0.15, 0.2) is 6.10 Å². The number of hydrogen-bond acceptors (Lipinski definition) is 12. The number of carbonyl (C=O) groups is 3. The molecule has 0 aliphatic heterocycles. The second-order valence-electron chi connectivity index (χ2n) is 17.5. The Morgan fingerprint density at radius 2 is 0.778 bits per heavy atom. The van der Waals surface area contributed by atoms with Gasteiger partial charge >= 0.3 is 0 Å². The standard InChI is InChI=1S/C47H97N7O8.CH4/c48-30-20-25-32-50-37-40(38-51-33-26-21-31-49)27-17-13-16-23-35-53-43(58)29-19-11-7-3-1-5-9-14-22-34-52-42(57)28-18-12-8-4-2-6-10-15-24-36-54-47(62)46(61)45(60)44(59)41(56)39-55;/h40-41,44-46,50-51,55-56,59-61H,1-39,48-49H2,(H,52,57)(H,53,58)(H,54,62);1H4/t41-,44-,45+,46-;/m1./s1.